The molecule has 2 aromatic carbocycles. The van der Waals surface area contributed by atoms with Gasteiger partial charge in [-0.05, 0) is 41.3 Å². The first-order valence-electron chi connectivity index (χ1n) is 6.94. The quantitative estimate of drug-likeness (QED) is 0.805. The Kier molecular flexibility index (Phi) is 6.40. The van der Waals surface area contributed by atoms with Gasteiger partial charge in [0.2, 0.25) is 0 Å². The summed E-state index contributed by atoms with van der Waals surface area (Å²) in [5, 5.41) is 12.8. The second-order valence-corrected chi connectivity index (χ2v) is 5.29. The van der Waals surface area contributed by atoms with Crippen LogP contribution >= 0.6 is 12.4 Å². The first kappa shape index (κ1) is 18.0. The zero-order chi connectivity index (χ0) is 15.4. The van der Waals surface area contributed by atoms with E-state index in [-0.39, 0.29) is 29.6 Å². The first-order valence-corrected chi connectivity index (χ1v) is 6.94. The zero-order valence-corrected chi connectivity index (χ0v) is 13.5. The molecule has 0 saturated heterocycles. The standard InChI is InChI=1S/C17H20N2O2.ClH/c1-11(2)13-5-8-15(16(20)9-13)17(21)19-14-6-3-12(10-18)4-7-14;/h3-9,11,20H,10,18H2,1-2H3,(H,19,21);1H. The van der Waals surface area contributed by atoms with E-state index in [4.69, 9.17) is 5.73 Å². The van der Waals surface area contributed by atoms with E-state index in [1.54, 1.807) is 24.3 Å². The van der Waals surface area contributed by atoms with Crippen molar-refractivity contribution < 1.29 is 9.90 Å². The van der Waals surface area contributed by atoms with Crippen LogP contribution < -0.4 is 11.1 Å². The molecule has 0 heterocycles. The van der Waals surface area contributed by atoms with Crippen molar-refractivity contribution in [3.05, 3.63) is 59.2 Å². The number of aromatic hydroxyl groups is 1. The van der Waals surface area contributed by atoms with Crippen LogP contribution in [0, 0.1) is 0 Å². The van der Waals surface area contributed by atoms with Crippen molar-refractivity contribution in [1.82, 2.24) is 0 Å². The molecule has 1 amide bonds. The molecule has 22 heavy (non-hydrogen) atoms. The highest BCUT2D eigenvalue weighted by molar-refractivity contribution is 6.06. The molecule has 2 rings (SSSR count). The topological polar surface area (TPSA) is 75.4 Å². The molecule has 0 unspecified atom stereocenters. The lowest BCUT2D eigenvalue weighted by molar-refractivity contribution is 0.102. The molecule has 0 radical (unpaired) electrons. The molecule has 0 spiro atoms. The minimum Gasteiger partial charge on any atom is -0.507 e. The lowest BCUT2D eigenvalue weighted by Crippen LogP contribution is -2.12. The molecule has 118 valence electrons. The number of benzene rings is 2. The normalized spacial score (nSPS) is 10.2. The largest absolute Gasteiger partial charge is 0.507 e. The van der Waals surface area contributed by atoms with Gasteiger partial charge in [0.25, 0.3) is 5.91 Å². The van der Waals surface area contributed by atoms with Gasteiger partial charge in [0.1, 0.15) is 5.75 Å². The highest BCUT2D eigenvalue weighted by Gasteiger charge is 2.12. The zero-order valence-electron chi connectivity index (χ0n) is 12.7. The van der Waals surface area contributed by atoms with E-state index >= 15 is 0 Å². The highest BCUT2D eigenvalue weighted by Crippen LogP contribution is 2.24. The van der Waals surface area contributed by atoms with E-state index in [0.29, 0.717) is 18.2 Å². The predicted molar refractivity (Wildman–Crippen MR) is 91.7 cm³/mol. The van der Waals surface area contributed by atoms with Gasteiger partial charge in [-0.25, -0.2) is 0 Å². The maximum atomic E-state index is 12.2. The number of carbonyl (C=O) groups is 1. The van der Waals surface area contributed by atoms with Crippen molar-refractivity contribution in [3.8, 4) is 5.75 Å². The summed E-state index contributed by atoms with van der Waals surface area (Å²) in [6.45, 7) is 4.53. The molecule has 0 saturated carbocycles. The molecule has 4 nitrogen and oxygen atoms in total. The Hall–Kier alpha value is -2.04. The number of carbonyl (C=O) groups excluding carboxylic acids is 1. The van der Waals surface area contributed by atoms with Crippen LogP contribution in [-0.2, 0) is 6.54 Å². The third kappa shape index (κ3) is 4.23. The lowest BCUT2D eigenvalue weighted by atomic mass is 10.0. The Morgan fingerprint density at radius 2 is 1.82 bits per heavy atom. The summed E-state index contributed by atoms with van der Waals surface area (Å²) in [5.74, 6) is -0.0302. The molecule has 0 aliphatic heterocycles. The van der Waals surface area contributed by atoms with E-state index in [2.05, 4.69) is 5.32 Å². The summed E-state index contributed by atoms with van der Waals surface area (Å²) < 4.78 is 0. The number of phenolic OH excluding ortho intramolecular Hbond substituents is 1. The van der Waals surface area contributed by atoms with E-state index in [1.165, 1.54) is 0 Å². The van der Waals surface area contributed by atoms with Crippen LogP contribution in [0.4, 0.5) is 5.69 Å². The summed E-state index contributed by atoms with van der Waals surface area (Å²) in [6.07, 6.45) is 0. The summed E-state index contributed by atoms with van der Waals surface area (Å²) >= 11 is 0. The van der Waals surface area contributed by atoms with Gasteiger partial charge in [-0.3, -0.25) is 4.79 Å². The van der Waals surface area contributed by atoms with Crippen molar-refractivity contribution in [1.29, 1.82) is 0 Å². The summed E-state index contributed by atoms with van der Waals surface area (Å²) in [6, 6.07) is 12.4. The lowest BCUT2D eigenvalue weighted by Gasteiger charge is -2.10. The number of rotatable bonds is 4. The smallest absolute Gasteiger partial charge is 0.259 e. The molecule has 4 N–H and O–H groups in total. The molecule has 0 fully saturated rings. The summed E-state index contributed by atoms with van der Waals surface area (Å²) in [5.41, 5.74) is 8.46. The van der Waals surface area contributed by atoms with Crippen molar-refractivity contribution in [3.63, 3.8) is 0 Å². The number of nitrogens with one attached hydrogen (secondary N) is 1. The van der Waals surface area contributed by atoms with Crippen LogP contribution in [0.25, 0.3) is 0 Å². The number of halogens is 1. The molecule has 0 aliphatic carbocycles. The Bertz CT molecular complexity index is 640. The Morgan fingerprint density at radius 3 is 2.32 bits per heavy atom. The fourth-order valence-electron chi connectivity index (χ4n) is 2.02. The average Bonchev–Trinajstić information content (AvgIpc) is 2.47. The molecule has 5 heteroatoms. The van der Waals surface area contributed by atoms with Gasteiger partial charge in [-0.15, -0.1) is 12.4 Å². The predicted octanol–water partition coefficient (Wildman–Crippen LogP) is 3.65. The minimum absolute atomic E-state index is 0. The van der Waals surface area contributed by atoms with Gasteiger partial charge < -0.3 is 16.2 Å². The fourth-order valence-corrected chi connectivity index (χ4v) is 2.02. The number of phenols is 1. The molecular weight excluding hydrogens is 300 g/mol. The minimum atomic E-state index is -0.330. The number of amides is 1. The van der Waals surface area contributed by atoms with Crippen molar-refractivity contribution in [2.24, 2.45) is 5.73 Å². The molecular formula is C17H21ClN2O2. The third-order valence-electron chi connectivity index (χ3n) is 3.38. The number of anilines is 1. The Labute approximate surface area is 136 Å². The van der Waals surface area contributed by atoms with E-state index < -0.39 is 0 Å². The average molecular weight is 321 g/mol. The van der Waals surface area contributed by atoms with Gasteiger partial charge in [0.15, 0.2) is 0 Å². The van der Waals surface area contributed by atoms with Crippen LogP contribution in [0.2, 0.25) is 0 Å². The monoisotopic (exact) mass is 320 g/mol. The van der Waals surface area contributed by atoms with Crippen LogP contribution in [0.15, 0.2) is 42.5 Å². The molecule has 0 aliphatic rings. The van der Waals surface area contributed by atoms with Gasteiger partial charge >= 0.3 is 0 Å². The van der Waals surface area contributed by atoms with Gasteiger partial charge in [0.05, 0.1) is 5.56 Å². The first-order chi connectivity index (χ1) is 10.0. The molecule has 2 aromatic rings. The van der Waals surface area contributed by atoms with E-state index in [1.807, 2.05) is 32.0 Å². The van der Waals surface area contributed by atoms with E-state index in [0.717, 1.165) is 11.1 Å². The summed E-state index contributed by atoms with van der Waals surface area (Å²) in [4.78, 5) is 12.2. The maximum Gasteiger partial charge on any atom is 0.259 e. The Morgan fingerprint density at radius 1 is 1.18 bits per heavy atom. The Balaban J connectivity index is 0.00000242. The van der Waals surface area contributed by atoms with Crippen molar-refractivity contribution in [2.75, 3.05) is 5.32 Å². The van der Waals surface area contributed by atoms with Gasteiger partial charge in [-0.2, -0.15) is 0 Å². The third-order valence-corrected chi connectivity index (χ3v) is 3.38. The number of nitrogens with two attached hydrogens (primary N) is 1. The molecule has 0 bridgehead atoms. The van der Waals surface area contributed by atoms with Crippen LogP contribution in [-0.4, -0.2) is 11.0 Å². The van der Waals surface area contributed by atoms with Crippen LogP contribution in [0.1, 0.15) is 41.3 Å². The molecule has 0 atom stereocenters. The number of hydrogen-bond acceptors (Lipinski definition) is 3. The highest BCUT2D eigenvalue weighted by atomic mass is 35.5. The second kappa shape index (κ2) is 7.82. The van der Waals surface area contributed by atoms with Crippen LogP contribution in [0.3, 0.4) is 0 Å². The SMILES string of the molecule is CC(C)c1ccc(C(=O)Nc2ccc(CN)cc2)c(O)c1.Cl. The van der Waals surface area contributed by atoms with Gasteiger partial charge in [-0.1, -0.05) is 32.0 Å². The van der Waals surface area contributed by atoms with Crippen molar-refractivity contribution in [2.45, 2.75) is 26.3 Å². The maximum absolute atomic E-state index is 12.2. The van der Waals surface area contributed by atoms with Crippen LogP contribution in [0.5, 0.6) is 5.75 Å². The summed E-state index contributed by atoms with van der Waals surface area (Å²) in [7, 11) is 0. The molecule has 0 aromatic heterocycles. The number of hydrogen-bond donors (Lipinski definition) is 3. The fraction of sp³-hybridized carbons (Fsp3) is 0.235. The van der Waals surface area contributed by atoms with Gasteiger partial charge in [0, 0.05) is 12.2 Å². The van der Waals surface area contributed by atoms with E-state index in [9.17, 15) is 9.90 Å². The van der Waals surface area contributed by atoms with Crippen molar-refractivity contribution >= 4 is 24.0 Å². The second-order valence-electron chi connectivity index (χ2n) is 5.29.